The summed E-state index contributed by atoms with van der Waals surface area (Å²) in [6.45, 7) is 1.74. The summed E-state index contributed by atoms with van der Waals surface area (Å²) in [6, 6.07) is 7.96. The maximum atomic E-state index is 11.3. The normalized spacial score (nSPS) is 11.4. The van der Waals surface area contributed by atoms with Crippen LogP contribution < -0.4 is 0 Å². The van der Waals surface area contributed by atoms with Crippen LogP contribution in [0.25, 0.3) is 5.57 Å². The molecule has 0 atom stereocenters. The molecule has 0 aliphatic carbocycles. The van der Waals surface area contributed by atoms with Crippen molar-refractivity contribution in [1.29, 1.82) is 5.26 Å². The topological polar surface area (TPSA) is 70.3 Å². The highest BCUT2D eigenvalue weighted by atomic mass is 35.5. The average Bonchev–Trinajstić information content (AvgIpc) is 2.32. The summed E-state index contributed by atoms with van der Waals surface area (Å²) >= 11 is 5.70. The standard InChI is InChI=1S/C12H10ClNO3/c1-2-17-12(16)11(15)10(7-14)8-3-5-9(13)6-4-8/h3-6,15H,2H2,1H3/b11-10-. The summed E-state index contributed by atoms with van der Waals surface area (Å²) in [6.07, 6.45) is 0. The number of ether oxygens (including phenoxy) is 1. The van der Waals surface area contributed by atoms with Crippen molar-refractivity contribution in [1.82, 2.24) is 0 Å². The molecule has 0 spiro atoms. The molecule has 0 radical (unpaired) electrons. The fourth-order valence-corrected chi connectivity index (χ4v) is 1.30. The van der Waals surface area contributed by atoms with E-state index in [2.05, 4.69) is 4.74 Å². The van der Waals surface area contributed by atoms with Crippen LogP contribution in [-0.2, 0) is 9.53 Å². The first-order chi connectivity index (χ1) is 8.10. The first kappa shape index (κ1) is 13.1. The number of aliphatic hydroxyl groups excluding tert-OH is 1. The fourth-order valence-electron chi connectivity index (χ4n) is 1.17. The molecule has 1 aromatic rings. The van der Waals surface area contributed by atoms with Crippen molar-refractivity contribution >= 4 is 23.1 Å². The highest BCUT2D eigenvalue weighted by Gasteiger charge is 2.16. The maximum Gasteiger partial charge on any atom is 0.374 e. The molecule has 0 amide bonds. The number of allylic oxidation sites excluding steroid dienone is 1. The highest BCUT2D eigenvalue weighted by Crippen LogP contribution is 2.20. The Bertz CT molecular complexity index is 485. The molecule has 5 heteroatoms. The number of hydrogen-bond donors (Lipinski definition) is 1. The van der Waals surface area contributed by atoms with Crippen molar-refractivity contribution in [2.75, 3.05) is 6.61 Å². The molecule has 4 nitrogen and oxygen atoms in total. The third kappa shape index (κ3) is 3.23. The van der Waals surface area contributed by atoms with Crippen molar-refractivity contribution in [3.05, 3.63) is 40.6 Å². The van der Waals surface area contributed by atoms with Gasteiger partial charge in [0.25, 0.3) is 0 Å². The van der Waals surface area contributed by atoms with Gasteiger partial charge in [-0.25, -0.2) is 4.79 Å². The molecule has 0 saturated carbocycles. The molecule has 0 heterocycles. The first-order valence-electron chi connectivity index (χ1n) is 4.86. The van der Waals surface area contributed by atoms with Gasteiger partial charge < -0.3 is 9.84 Å². The quantitative estimate of drug-likeness (QED) is 0.388. The Labute approximate surface area is 104 Å². The van der Waals surface area contributed by atoms with E-state index < -0.39 is 11.7 Å². The maximum absolute atomic E-state index is 11.3. The molecular formula is C12H10ClNO3. The van der Waals surface area contributed by atoms with E-state index in [0.29, 0.717) is 10.6 Å². The van der Waals surface area contributed by atoms with Crippen LogP contribution in [0.3, 0.4) is 0 Å². The van der Waals surface area contributed by atoms with Gasteiger partial charge in [-0.3, -0.25) is 0 Å². The molecule has 0 unspecified atom stereocenters. The summed E-state index contributed by atoms with van der Waals surface area (Å²) in [5.41, 5.74) is 0.266. The van der Waals surface area contributed by atoms with E-state index in [9.17, 15) is 9.90 Å². The number of rotatable bonds is 3. The van der Waals surface area contributed by atoms with Gasteiger partial charge in [-0.15, -0.1) is 0 Å². The fraction of sp³-hybridized carbons (Fsp3) is 0.167. The van der Waals surface area contributed by atoms with Crippen molar-refractivity contribution in [3.8, 4) is 6.07 Å². The van der Waals surface area contributed by atoms with E-state index in [1.165, 1.54) is 12.1 Å². The molecule has 88 valence electrons. The van der Waals surface area contributed by atoms with Gasteiger partial charge in [-0.05, 0) is 24.6 Å². The molecule has 17 heavy (non-hydrogen) atoms. The minimum absolute atomic E-state index is 0.127. The SMILES string of the molecule is CCOC(=O)/C(O)=C(\C#N)c1ccc(Cl)cc1. The second kappa shape index (κ2) is 5.92. The van der Waals surface area contributed by atoms with Crippen LogP contribution in [0.4, 0.5) is 0 Å². The summed E-state index contributed by atoms with van der Waals surface area (Å²) < 4.78 is 4.61. The van der Waals surface area contributed by atoms with Gasteiger partial charge >= 0.3 is 5.97 Å². The lowest BCUT2D eigenvalue weighted by Crippen LogP contribution is -2.09. The Morgan fingerprint density at radius 1 is 1.47 bits per heavy atom. The van der Waals surface area contributed by atoms with E-state index >= 15 is 0 Å². The Hall–Kier alpha value is -1.99. The van der Waals surface area contributed by atoms with Crippen molar-refractivity contribution in [2.24, 2.45) is 0 Å². The smallest absolute Gasteiger partial charge is 0.374 e. The van der Waals surface area contributed by atoms with Crippen LogP contribution in [0.5, 0.6) is 0 Å². The second-order valence-electron chi connectivity index (χ2n) is 3.06. The number of carbonyl (C=O) groups is 1. The Kier molecular flexibility index (Phi) is 4.56. The molecule has 0 saturated heterocycles. The first-order valence-corrected chi connectivity index (χ1v) is 5.24. The van der Waals surface area contributed by atoms with E-state index in [0.717, 1.165) is 0 Å². The van der Waals surface area contributed by atoms with Crippen molar-refractivity contribution in [3.63, 3.8) is 0 Å². The van der Waals surface area contributed by atoms with Crippen molar-refractivity contribution < 1.29 is 14.6 Å². The number of nitriles is 1. The van der Waals surface area contributed by atoms with Crippen LogP contribution >= 0.6 is 11.6 Å². The van der Waals surface area contributed by atoms with E-state index in [-0.39, 0.29) is 12.2 Å². The minimum atomic E-state index is -0.918. The lowest BCUT2D eigenvalue weighted by Gasteiger charge is -2.04. The molecule has 0 bridgehead atoms. The Morgan fingerprint density at radius 2 is 2.06 bits per heavy atom. The predicted molar refractivity (Wildman–Crippen MR) is 63.2 cm³/mol. The zero-order chi connectivity index (χ0) is 12.8. The number of hydrogen-bond acceptors (Lipinski definition) is 4. The van der Waals surface area contributed by atoms with Crippen LogP contribution in [0.15, 0.2) is 30.0 Å². The van der Waals surface area contributed by atoms with Crippen LogP contribution in [0, 0.1) is 11.3 Å². The Balaban J connectivity index is 3.15. The van der Waals surface area contributed by atoms with Crippen LogP contribution in [0.2, 0.25) is 5.02 Å². The number of aliphatic hydroxyl groups is 1. The van der Waals surface area contributed by atoms with Gasteiger partial charge in [0.05, 0.1) is 6.61 Å². The van der Waals surface area contributed by atoms with Gasteiger partial charge in [-0.1, -0.05) is 23.7 Å². The van der Waals surface area contributed by atoms with Gasteiger partial charge in [0, 0.05) is 5.02 Å². The molecule has 0 fully saturated rings. The number of halogens is 1. The highest BCUT2D eigenvalue weighted by molar-refractivity contribution is 6.30. The molecule has 0 aromatic heterocycles. The van der Waals surface area contributed by atoms with Gasteiger partial charge in [-0.2, -0.15) is 5.26 Å². The molecule has 0 aliphatic heterocycles. The molecule has 1 aromatic carbocycles. The largest absolute Gasteiger partial charge is 0.501 e. The zero-order valence-electron chi connectivity index (χ0n) is 9.11. The van der Waals surface area contributed by atoms with Crippen molar-refractivity contribution in [2.45, 2.75) is 6.92 Å². The third-order valence-electron chi connectivity index (χ3n) is 1.95. The molecule has 1 N–H and O–H groups in total. The second-order valence-corrected chi connectivity index (χ2v) is 3.50. The lowest BCUT2D eigenvalue weighted by atomic mass is 10.1. The van der Waals surface area contributed by atoms with Crippen LogP contribution in [-0.4, -0.2) is 17.7 Å². The molecular weight excluding hydrogens is 242 g/mol. The summed E-state index contributed by atoms with van der Waals surface area (Å²) in [5, 5.41) is 19.0. The van der Waals surface area contributed by atoms with Gasteiger partial charge in [0.2, 0.25) is 5.76 Å². The summed E-state index contributed by atoms with van der Waals surface area (Å²) in [7, 11) is 0. The molecule has 1 rings (SSSR count). The van der Waals surface area contributed by atoms with E-state index in [4.69, 9.17) is 16.9 Å². The summed E-state index contributed by atoms with van der Waals surface area (Å²) in [4.78, 5) is 11.3. The number of esters is 1. The lowest BCUT2D eigenvalue weighted by molar-refractivity contribution is -0.141. The van der Waals surface area contributed by atoms with Crippen LogP contribution in [0.1, 0.15) is 12.5 Å². The molecule has 0 aliphatic rings. The predicted octanol–water partition coefficient (Wildman–Crippen LogP) is 2.70. The summed E-state index contributed by atoms with van der Waals surface area (Å²) in [5.74, 6) is -1.62. The van der Waals surface area contributed by atoms with E-state index in [1.807, 2.05) is 0 Å². The van der Waals surface area contributed by atoms with E-state index in [1.54, 1.807) is 25.1 Å². The number of nitrogens with zero attached hydrogens (tertiary/aromatic N) is 1. The monoisotopic (exact) mass is 251 g/mol. The minimum Gasteiger partial charge on any atom is -0.501 e. The number of carbonyl (C=O) groups excluding carboxylic acids is 1. The average molecular weight is 252 g/mol. The zero-order valence-corrected chi connectivity index (χ0v) is 9.86. The van der Waals surface area contributed by atoms with Gasteiger partial charge in [0.15, 0.2) is 0 Å². The van der Waals surface area contributed by atoms with Gasteiger partial charge in [0.1, 0.15) is 11.6 Å². The number of benzene rings is 1. The third-order valence-corrected chi connectivity index (χ3v) is 2.20. The Morgan fingerprint density at radius 3 is 2.53 bits per heavy atom.